The molecule has 39 heavy (non-hydrogen) atoms. The molecule has 2 amide bonds. The summed E-state index contributed by atoms with van der Waals surface area (Å²) in [5.74, 6) is -2.96. The van der Waals surface area contributed by atoms with Crippen LogP contribution < -0.4 is 5.32 Å². The Kier molecular flexibility index (Phi) is 7.35. The van der Waals surface area contributed by atoms with Crippen molar-refractivity contribution in [1.82, 2.24) is 15.4 Å². The Morgan fingerprint density at radius 3 is 2.46 bits per heavy atom. The van der Waals surface area contributed by atoms with E-state index in [1.165, 1.54) is 13.8 Å². The molecule has 0 saturated carbocycles. The van der Waals surface area contributed by atoms with Gasteiger partial charge in [0.25, 0.3) is 11.8 Å². The van der Waals surface area contributed by atoms with E-state index in [1.54, 1.807) is 51.1 Å². The van der Waals surface area contributed by atoms with Gasteiger partial charge in [-0.25, -0.2) is 9.00 Å². The molecule has 2 aliphatic heterocycles. The van der Waals surface area contributed by atoms with Crippen LogP contribution in [0.2, 0.25) is 0 Å². The Morgan fingerprint density at radius 2 is 1.85 bits per heavy atom. The lowest BCUT2D eigenvalue weighted by Crippen LogP contribution is -2.74. The third-order valence-electron chi connectivity index (χ3n) is 6.07. The first-order valence-corrected chi connectivity index (χ1v) is 12.9. The highest BCUT2D eigenvalue weighted by Crippen LogP contribution is 2.36. The minimum Gasteiger partial charge on any atom is -0.427 e. The predicted molar refractivity (Wildman–Crippen MR) is 135 cm³/mol. The number of nitrogens with one attached hydrogen (secondary N) is 1. The molecule has 0 bridgehead atoms. The third kappa shape index (κ3) is 4.91. The Labute approximate surface area is 225 Å². The average Bonchev–Trinajstić information content (AvgIpc) is 3.28. The van der Waals surface area contributed by atoms with Crippen LogP contribution in [0.5, 0.6) is 0 Å². The summed E-state index contributed by atoms with van der Waals surface area (Å²) in [5, 5.41) is 4.86. The molecule has 0 aliphatic carbocycles. The van der Waals surface area contributed by atoms with Crippen molar-refractivity contribution in [2.45, 2.75) is 46.0 Å². The summed E-state index contributed by atoms with van der Waals surface area (Å²) < 4.78 is 28.4. The quantitative estimate of drug-likeness (QED) is 0.182. The van der Waals surface area contributed by atoms with Crippen LogP contribution in [0, 0.1) is 12.3 Å². The van der Waals surface area contributed by atoms with E-state index in [4.69, 9.17) is 14.0 Å². The van der Waals surface area contributed by atoms with Gasteiger partial charge < -0.3 is 24.8 Å². The minimum absolute atomic E-state index is 0.0707. The lowest BCUT2D eigenvalue weighted by molar-refractivity contribution is -0.173. The Morgan fingerprint density at radius 1 is 1.18 bits per heavy atom. The van der Waals surface area contributed by atoms with Crippen LogP contribution in [-0.2, 0) is 34.7 Å². The zero-order chi connectivity index (χ0) is 28.6. The predicted octanol–water partition coefficient (Wildman–Crippen LogP) is 1.67. The van der Waals surface area contributed by atoms with Crippen LogP contribution in [0.4, 0.5) is 0 Å². The van der Waals surface area contributed by atoms with Gasteiger partial charge in [-0.3, -0.25) is 19.3 Å². The Bertz CT molecular complexity index is 1480. The fourth-order valence-corrected chi connectivity index (χ4v) is 5.58. The highest BCUT2D eigenvalue weighted by Gasteiger charge is 2.61. The van der Waals surface area contributed by atoms with Gasteiger partial charge in [-0.1, -0.05) is 35.5 Å². The zero-order valence-electron chi connectivity index (χ0n) is 21.7. The van der Waals surface area contributed by atoms with E-state index in [0.29, 0.717) is 5.56 Å². The first kappa shape index (κ1) is 27.6. The summed E-state index contributed by atoms with van der Waals surface area (Å²) in [7, 11) is -2.12. The van der Waals surface area contributed by atoms with Crippen LogP contribution in [0.25, 0.3) is 16.8 Å². The standard InChI is InChI=1S/C25H25N5O8S/c1-12-18(23(33)36-11-37-24(34)25(3,4)5)30-21(32)17(22(30)39(35)20(12)28-26)27-19(31)15-13(2)38-29-16(15)14-9-7-6-8-10-14/h6-10,17,22H,11H2,1-5H3,(H,27,31)/t17?,22-,39-/m0/s1. The maximum absolute atomic E-state index is 13.3. The molecule has 13 nitrogen and oxygen atoms in total. The van der Waals surface area contributed by atoms with Gasteiger partial charge in [-0.2, -0.15) is 4.79 Å². The van der Waals surface area contributed by atoms with Crippen molar-refractivity contribution in [3.8, 4) is 11.3 Å². The van der Waals surface area contributed by atoms with E-state index in [2.05, 4.69) is 15.3 Å². The number of rotatable bonds is 6. The minimum atomic E-state index is -2.12. The molecule has 1 unspecified atom stereocenters. The first-order valence-electron chi connectivity index (χ1n) is 11.7. The van der Waals surface area contributed by atoms with E-state index >= 15 is 0 Å². The number of β-lactam (4-membered cyclic amide) rings is 1. The second-order valence-corrected chi connectivity index (χ2v) is 11.3. The van der Waals surface area contributed by atoms with E-state index in [-0.39, 0.29) is 33.3 Å². The van der Waals surface area contributed by atoms with E-state index in [1.807, 2.05) is 0 Å². The van der Waals surface area contributed by atoms with Crippen LogP contribution in [0.3, 0.4) is 0 Å². The van der Waals surface area contributed by atoms with Gasteiger partial charge in [0.1, 0.15) is 28.8 Å². The molecule has 3 heterocycles. The number of ether oxygens (including phenoxy) is 2. The van der Waals surface area contributed by atoms with Crippen LogP contribution in [0.1, 0.15) is 43.8 Å². The molecule has 1 aromatic heterocycles. The number of hydrogen-bond donors (Lipinski definition) is 1. The van der Waals surface area contributed by atoms with Gasteiger partial charge in [0.15, 0.2) is 16.2 Å². The number of benzene rings is 1. The Hall–Kier alpha value is -4.42. The highest BCUT2D eigenvalue weighted by atomic mass is 32.2. The van der Waals surface area contributed by atoms with Crippen molar-refractivity contribution in [2.24, 2.45) is 5.41 Å². The number of esters is 2. The molecule has 204 valence electrons. The van der Waals surface area contributed by atoms with Crippen molar-refractivity contribution in [1.29, 1.82) is 0 Å². The monoisotopic (exact) mass is 555 g/mol. The number of aromatic nitrogens is 1. The van der Waals surface area contributed by atoms with Gasteiger partial charge >= 0.3 is 17.0 Å². The molecule has 1 N–H and O–H groups in total. The van der Waals surface area contributed by atoms with Gasteiger partial charge in [0.05, 0.1) is 11.0 Å². The van der Waals surface area contributed by atoms with Crippen molar-refractivity contribution in [3.05, 3.63) is 58.5 Å². The van der Waals surface area contributed by atoms with Crippen molar-refractivity contribution in [2.75, 3.05) is 6.79 Å². The molecule has 1 aromatic carbocycles. The molecule has 3 atom stereocenters. The molecule has 0 radical (unpaired) electrons. The topological polar surface area (TPSA) is 182 Å². The lowest BCUT2D eigenvalue weighted by Gasteiger charge is -2.47. The van der Waals surface area contributed by atoms with Gasteiger partial charge in [-0.05, 0) is 34.6 Å². The van der Waals surface area contributed by atoms with Crippen molar-refractivity contribution < 1.29 is 42.2 Å². The molecule has 14 heteroatoms. The molecule has 0 spiro atoms. The smallest absolute Gasteiger partial charge is 0.386 e. The number of nitrogens with zero attached hydrogens (tertiary/aromatic N) is 4. The fraction of sp³-hybridized carbons (Fsp3) is 0.360. The summed E-state index contributed by atoms with van der Waals surface area (Å²) in [6.45, 7) is 6.98. The molecular formula is C25H25N5O8S. The number of amides is 2. The van der Waals surface area contributed by atoms with Crippen LogP contribution >= 0.6 is 0 Å². The number of aryl methyl sites for hydroxylation is 1. The summed E-state index contributed by atoms with van der Waals surface area (Å²) >= 11 is 0. The molecular weight excluding hydrogens is 530 g/mol. The summed E-state index contributed by atoms with van der Waals surface area (Å²) in [6, 6.07) is 7.44. The maximum Gasteiger partial charge on any atom is 0.386 e. The summed E-state index contributed by atoms with van der Waals surface area (Å²) in [5.41, 5.74) is 9.19. The van der Waals surface area contributed by atoms with E-state index < -0.39 is 58.2 Å². The third-order valence-corrected chi connectivity index (χ3v) is 7.76. The molecule has 1 fully saturated rings. The molecule has 2 aliphatic rings. The largest absolute Gasteiger partial charge is 0.427 e. The SMILES string of the molecule is CC1=C(C(=O)OCOC(=O)C(C)(C)C)N2C(=O)C(NC(=O)c3c(-c4ccccc4)noc3C)[C@@H]2[S@@](=O)C1=[N+]=[N-]. The van der Waals surface area contributed by atoms with Gasteiger partial charge in [0, 0.05) is 5.56 Å². The average molecular weight is 556 g/mol. The number of carbonyl (C=O) groups is 4. The lowest BCUT2D eigenvalue weighted by atomic mass is 9.98. The normalized spacial score (nSPS) is 20.5. The molecule has 1 saturated heterocycles. The van der Waals surface area contributed by atoms with Crippen molar-refractivity contribution >= 4 is 39.6 Å². The van der Waals surface area contributed by atoms with Gasteiger partial charge in [-0.15, -0.1) is 0 Å². The maximum atomic E-state index is 13.3. The number of fused-ring (bicyclic) bond motifs is 1. The van der Waals surface area contributed by atoms with Crippen molar-refractivity contribution in [3.63, 3.8) is 0 Å². The second-order valence-electron chi connectivity index (χ2n) is 9.79. The Balaban J connectivity index is 1.57. The van der Waals surface area contributed by atoms with Gasteiger partial charge in [0.2, 0.25) is 6.79 Å². The molecule has 4 rings (SSSR count). The summed E-state index contributed by atoms with van der Waals surface area (Å²) in [6.07, 6.45) is 0. The second kappa shape index (κ2) is 10.4. The first-order chi connectivity index (χ1) is 18.4. The van der Waals surface area contributed by atoms with Crippen LogP contribution in [-0.4, -0.2) is 66.1 Å². The fourth-order valence-electron chi connectivity index (χ4n) is 4.04. The summed E-state index contributed by atoms with van der Waals surface area (Å²) in [4.78, 5) is 55.2. The van der Waals surface area contributed by atoms with Crippen LogP contribution in [0.15, 0.2) is 46.1 Å². The van der Waals surface area contributed by atoms with E-state index in [0.717, 1.165) is 4.90 Å². The number of carbonyl (C=O) groups excluding carboxylic acids is 4. The zero-order valence-corrected chi connectivity index (χ0v) is 22.5. The number of hydrogen-bond acceptors (Lipinski definition) is 9. The highest BCUT2D eigenvalue weighted by molar-refractivity contribution is 8.01. The molecule has 2 aromatic rings. The van der Waals surface area contributed by atoms with E-state index in [9.17, 15) is 28.9 Å².